The second-order valence-electron chi connectivity index (χ2n) is 12.1. The summed E-state index contributed by atoms with van der Waals surface area (Å²) in [5, 5.41) is 9.43. The number of aliphatic carboxylic acids is 1. The minimum atomic E-state index is -5.12. The van der Waals surface area contributed by atoms with Gasteiger partial charge in [-0.3, -0.25) is 9.69 Å². The van der Waals surface area contributed by atoms with E-state index in [2.05, 4.69) is 4.98 Å². The lowest BCUT2D eigenvalue weighted by molar-refractivity contribution is -0.143. The Kier molecular flexibility index (Phi) is 7.98. The van der Waals surface area contributed by atoms with Crippen LogP contribution in [0.4, 0.5) is 45.7 Å². The molecule has 1 aromatic heterocycles. The Morgan fingerprint density at radius 1 is 0.979 bits per heavy atom. The number of carboxylic acids is 1. The number of hydrogen-bond acceptors (Lipinski definition) is 6. The zero-order valence-electron chi connectivity index (χ0n) is 25.2. The molecule has 2 aliphatic heterocycles. The van der Waals surface area contributed by atoms with Gasteiger partial charge in [-0.2, -0.15) is 26.3 Å². The minimum Gasteiger partial charge on any atom is -0.496 e. The first kappa shape index (κ1) is 33.3. The van der Waals surface area contributed by atoms with Crippen LogP contribution in [0.15, 0.2) is 48.5 Å². The molecule has 2 aromatic carbocycles. The molecular formula is C32H27F8N3O5. The maximum Gasteiger partial charge on any atom is 0.416 e. The molecule has 0 radical (unpaired) electrons. The molecule has 256 valence electrons. The summed E-state index contributed by atoms with van der Waals surface area (Å²) in [6.45, 7) is -0.208. The number of methoxy groups -OCH3 is 1. The summed E-state index contributed by atoms with van der Waals surface area (Å²) in [7, 11) is 1.40. The van der Waals surface area contributed by atoms with Crippen molar-refractivity contribution in [1.29, 1.82) is 0 Å². The second kappa shape index (κ2) is 11.5. The van der Waals surface area contributed by atoms with Crippen molar-refractivity contribution in [1.82, 2.24) is 9.88 Å². The summed E-state index contributed by atoms with van der Waals surface area (Å²) in [5.74, 6) is -4.25. The largest absolute Gasteiger partial charge is 0.496 e. The van der Waals surface area contributed by atoms with E-state index in [1.165, 1.54) is 25.0 Å². The standard InChI is InChI=1S/C32H27F8N3O5/c1-15-27(17-7-18(31(35,36)37)10-19(8-17)32(38,39)40)48-29(46)43(15)12-24-20(4-6-26(41-24)42-13-30(33,34)14-42)22-9-16(3-5-25(22)47-2)21-11-23(21)28(44)45/h3-10,15,21,23,27H,11-14H2,1-2H3,(H,44,45)/t15-,21-,23?,27-/m0/s1. The van der Waals surface area contributed by atoms with Gasteiger partial charge in [-0.25, -0.2) is 18.6 Å². The van der Waals surface area contributed by atoms with Crippen molar-refractivity contribution in [2.75, 3.05) is 25.1 Å². The maximum absolute atomic E-state index is 13.7. The molecule has 0 spiro atoms. The molecule has 2 saturated heterocycles. The Bertz CT molecular complexity index is 1740. The van der Waals surface area contributed by atoms with Crippen LogP contribution in [0.2, 0.25) is 0 Å². The van der Waals surface area contributed by atoms with Crippen LogP contribution in [0, 0.1) is 5.92 Å². The van der Waals surface area contributed by atoms with Gasteiger partial charge in [0.2, 0.25) is 0 Å². The lowest BCUT2D eigenvalue weighted by Crippen LogP contribution is -2.56. The SMILES string of the molecule is COc1ccc([C@@H]2CC2C(=O)O)cc1-c1ccc(N2CC(F)(F)C2)nc1CN1C(=O)O[C@H](c2cc(C(F)(F)F)cc(C(F)(F)F)c2)[C@@H]1C. The highest BCUT2D eigenvalue weighted by Gasteiger charge is 2.47. The second-order valence-corrected chi connectivity index (χ2v) is 12.1. The molecule has 4 atom stereocenters. The molecule has 0 bridgehead atoms. The quantitative estimate of drug-likeness (QED) is 0.245. The first-order valence-electron chi connectivity index (χ1n) is 14.7. The number of aromatic nitrogens is 1. The van der Waals surface area contributed by atoms with Gasteiger partial charge < -0.3 is 19.5 Å². The average Bonchev–Trinajstić information content (AvgIpc) is 3.76. The lowest BCUT2D eigenvalue weighted by atomic mass is 9.96. The van der Waals surface area contributed by atoms with Gasteiger partial charge in [0.05, 0.1) is 55.5 Å². The topological polar surface area (TPSA) is 92.2 Å². The third-order valence-electron chi connectivity index (χ3n) is 8.83. The monoisotopic (exact) mass is 685 g/mol. The van der Waals surface area contributed by atoms with Gasteiger partial charge in [0.15, 0.2) is 0 Å². The van der Waals surface area contributed by atoms with E-state index in [-0.39, 0.29) is 30.0 Å². The lowest BCUT2D eigenvalue weighted by Gasteiger charge is -2.39. The van der Waals surface area contributed by atoms with Crippen LogP contribution in [0.25, 0.3) is 11.1 Å². The predicted molar refractivity (Wildman–Crippen MR) is 153 cm³/mol. The predicted octanol–water partition coefficient (Wildman–Crippen LogP) is 7.52. The summed E-state index contributed by atoms with van der Waals surface area (Å²) in [6.07, 6.45) is -12.4. The molecule has 1 aliphatic carbocycles. The van der Waals surface area contributed by atoms with Crippen LogP contribution in [0.3, 0.4) is 0 Å². The summed E-state index contributed by atoms with van der Waals surface area (Å²) >= 11 is 0. The molecule has 3 heterocycles. The van der Waals surface area contributed by atoms with E-state index in [1.807, 2.05) is 0 Å². The fraction of sp³-hybridized carbons (Fsp3) is 0.406. The third-order valence-corrected chi connectivity index (χ3v) is 8.83. The number of hydrogen-bond donors (Lipinski definition) is 1. The van der Waals surface area contributed by atoms with Gasteiger partial charge in [-0.1, -0.05) is 6.07 Å². The fourth-order valence-electron chi connectivity index (χ4n) is 6.17. The maximum atomic E-state index is 13.7. The molecule has 3 aliphatic rings. The summed E-state index contributed by atoms with van der Waals surface area (Å²) in [4.78, 5) is 31.6. The summed E-state index contributed by atoms with van der Waals surface area (Å²) < 4.78 is 120. The van der Waals surface area contributed by atoms with Crippen molar-refractivity contribution < 1.29 is 59.3 Å². The van der Waals surface area contributed by atoms with Gasteiger partial charge >= 0.3 is 24.4 Å². The van der Waals surface area contributed by atoms with Crippen LogP contribution in [-0.4, -0.2) is 59.2 Å². The first-order valence-corrected chi connectivity index (χ1v) is 14.7. The molecule has 48 heavy (non-hydrogen) atoms. The van der Waals surface area contributed by atoms with Crippen molar-refractivity contribution in [2.45, 2.75) is 56.2 Å². The highest BCUT2D eigenvalue weighted by atomic mass is 19.4. The number of anilines is 1. The number of ether oxygens (including phenoxy) is 2. The zero-order chi connectivity index (χ0) is 34.9. The number of nitrogens with zero attached hydrogens (tertiary/aromatic N) is 3. The molecule has 6 rings (SSSR count). The van der Waals surface area contributed by atoms with E-state index in [0.29, 0.717) is 41.0 Å². The van der Waals surface area contributed by atoms with E-state index in [9.17, 15) is 49.8 Å². The van der Waals surface area contributed by atoms with Gasteiger partial charge in [0, 0.05) is 11.1 Å². The van der Waals surface area contributed by atoms with Crippen LogP contribution in [0.1, 0.15) is 53.3 Å². The normalized spacial score (nSPS) is 23.5. The fourth-order valence-corrected chi connectivity index (χ4v) is 6.17. The van der Waals surface area contributed by atoms with E-state index in [4.69, 9.17) is 9.47 Å². The third kappa shape index (κ3) is 6.31. The number of alkyl halides is 8. The van der Waals surface area contributed by atoms with E-state index in [0.717, 1.165) is 4.90 Å². The van der Waals surface area contributed by atoms with Gasteiger partial charge in [-0.05, 0) is 72.9 Å². The van der Waals surface area contributed by atoms with Crippen LogP contribution >= 0.6 is 0 Å². The van der Waals surface area contributed by atoms with Crippen molar-refractivity contribution in [3.05, 3.63) is 76.5 Å². The Morgan fingerprint density at radius 2 is 1.62 bits per heavy atom. The molecular weight excluding hydrogens is 658 g/mol. The highest BCUT2D eigenvalue weighted by Crippen LogP contribution is 2.50. The summed E-state index contributed by atoms with van der Waals surface area (Å²) in [5.41, 5.74) is -1.99. The number of benzene rings is 2. The Morgan fingerprint density at radius 3 is 2.17 bits per heavy atom. The van der Waals surface area contributed by atoms with E-state index >= 15 is 0 Å². The van der Waals surface area contributed by atoms with E-state index in [1.54, 1.807) is 24.3 Å². The van der Waals surface area contributed by atoms with Crippen molar-refractivity contribution in [3.8, 4) is 16.9 Å². The van der Waals surface area contributed by atoms with Crippen LogP contribution in [-0.2, 0) is 28.4 Å². The Hall–Kier alpha value is -4.63. The number of cyclic esters (lactones) is 1. The Balaban J connectivity index is 1.38. The molecule has 1 N–H and O–H groups in total. The first-order chi connectivity index (χ1) is 22.4. The molecule has 3 aromatic rings. The van der Waals surface area contributed by atoms with E-state index < -0.39 is 78.2 Å². The molecule has 1 saturated carbocycles. The number of rotatable bonds is 8. The minimum absolute atomic E-state index is 0.0223. The van der Waals surface area contributed by atoms with Crippen LogP contribution < -0.4 is 9.64 Å². The van der Waals surface area contributed by atoms with Gasteiger partial charge in [0.25, 0.3) is 5.92 Å². The molecule has 3 fully saturated rings. The molecule has 1 unspecified atom stereocenters. The number of carboxylic acid groups (broad SMARTS) is 1. The molecule has 8 nitrogen and oxygen atoms in total. The zero-order valence-corrected chi connectivity index (χ0v) is 25.2. The summed E-state index contributed by atoms with van der Waals surface area (Å²) in [6, 6.07) is 8.01. The number of pyridine rings is 1. The van der Waals surface area contributed by atoms with Crippen molar-refractivity contribution in [2.24, 2.45) is 5.92 Å². The Labute approximate surface area is 267 Å². The number of carbonyl (C=O) groups excluding carboxylic acids is 1. The smallest absolute Gasteiger partial charge is 0.416 e. The average molecular weight is 686 g/mol. The number of carbonyl (C=O) groups is 2. The highest BCUT2D eigenvalue weighted by molar-refractivity contribution is 5.78. The van der Waals surface area contributed by atoms with Gasteiger partial charge in [0.1, 0.15) is 17.7 Å². The van der Waals surface area contributed by atoms with Gasteiger partial charge in [-0.15, -0.1) is 0 Å². The molecule has 1 amide bonds. The van der Waals surface area contributed by atoms with Crippen LogP contribution in [0.5, 0.6) is 5.75 Å². The van der Waals surface area contributed by atoms with Crippen molar-refractivity contribution >= 4 is 17.9 Å². The number of halogens is 8. The van der Waals surface area contributed by atoms with Crippen molar-refractivity contribution in [3.63, 3.8) is 0 Å². The number of amides is 1. The molecule has 16 heteroatoms.